The van der Waals surface area contributed by atoms with Gasteiger partial charge in [-0.15, -0.1) is 0 Å². The molecule has 0 N–H and O–H groups in total. The first-order chi connectivity index (χ1) is 6.86. The Morgan fingerprint density at radius 2 is 2.07 bits per heavy atom. The average molecular weight is 212 g/mol. The van der Waals surface area contributed by atoms with Crippen molar-refractivity contribution in [2.45, 2.75) is 40.2 Å². The summed E-state index contributed by atoms with van der Waals surface area (Å²) in [6.45, 7) is 11.9. The van der Waals surface area contributed by atoms with E-state index in [-0.39, 0.29) is 18.0 Å². The van der Waals surface area contributed by atoms with Crippen molar-refractivity contribution in [3.8, 4) is 0 Å². The van der Waals surface area contributed by atoms with Crippen LogP contribution in [0.5, 0.6) is 0 Å². The molecule has 1 aliphatic rings. The molecular weight excluding hydrogens is 192 g/mol. The zero-order valence-corrected chi connectivity index (χ0v) is 10.0. The molecule has 3 nitrogen and oxygen atoms in total. The minimum Gasteiger partial charge on any atom is -0.431 e. The van der Waals surface area contributed by atoms with Gasteiger partial charge in [-0.1, -0.05) is 6.58 Å². The van der Waals surface area contributed by atoms with Gasteiger partial charge >= 0.3 is 5.97 Å². The fourth-order valence-corrected chi connectivity index (χ4v) is 1.26. The summed E-state index contributed by atoms with van der Waals surface area (Å²) < 4.78 is 10.6. The van der Waals surface area contributed by atoms with Crippen LogP contribution in [0.1, 0.15) is 34.1 Å². The number of hydrogen-bond donors (Lipinski definition) is 0. The monoisotopic (exact) mass is 212 g/mol. The van der Waals surface area contributed by atoms with Crippen LogP contribution in [0.3, 0.4) is 0 Å². The van der Waals surface area contributed by atoms with E-state index < -0.39 is 5.41 Å². The second-order valence-corrected chi connectivity index (χ2v) is 4.94. The molecule has 86 valence electrons. The third-order valence-electron chi connectivity index (χ3n) is 2.36. The van der Waals surface area contributed by atoms with Crippen molar-refractivity contribution in [3.63, 3.8) is 0 Å². The Balaban J connectivity index is 2.35. The van der Waals surface area contributed by atoms with Crippen LogP contribution in [0.15, 0.2) is 12.3 Å². The summed E-state index contributed by atoms with van der Waals surface area (Å²) in [6.07, 6.45) is 1.12. The Labute approximate surface area is 91.4 Å². The molecule has 3 heteroatoms. The lowest BCUT2D eigenvalue weighted by molar-refractivity contribution is -0.149. The lowest BCUT2D eigenvalue weighted by Crippen LogP contribution is -2.23. The normalized spacial score (nSPS) is 24.8. The molecule has 0 aromatic rings. The molecule has 0 unspecified atom stereocenters. The van der Waals surface area contributed by atoms with E-state index >= 15 is 0 Å². The van der Waals surface area contributed by atoms with Crippen LogP contribution in [0.4, 0.5) is 0 Å². The van der Waals surface area contributed by atoms with Crippen LogP contribution in [0.25, 0.3) is 0 Å². The minimum atomic E-state index is -0.473. The van der Waals surface area contributed by atoms with Gasteiger partial charge in [0.2, 0.25) is 0 Å². The van der Waals surface area contributed by atoms with Gasteiger partial charge in [0, 0.05) is 12.5 Å². The molecule has 0 aromatic heterocycles. The van der Waals surface area contributed by atoms with Gasteiger partial charge in [-0.05, 0) is 34.1 Å². The number of rotatable bonds is 4. The van der Waals surface area contributed by atoms with E-state index in [1.54, 1.807) is 0 Å². The Kier molecular flexibility index (Phi) is 3.55. The smallest absolute Gasteiger partial charge is 0.316 e. The minimum absolute atomic E-state index is 0.204. The molecule has 0 heterocycles. The Morgan fingerprint density at radius 3 is 2.53 bits per heavy atom. The van der Waals surface area contributed by atoms with Crippen molar-refractivity contribution in [3.05, 3.63) is 12.3 Å². The number of carbonyl (C=O) groups excluding carboxylic acids is 1. The summed E-state index contributed by atoms with van der Waals surface area (Å²) in [7, 11) is 0. The van der Waals surface area contributed by atoms with E-state index in [0.717, 1.165) is 6.42 Å². The Hall–Kier alpha value is -0.830. The predicted octanol–water partition coefficient (Wildman–Crippen LogP) is 2.51. The van der Waals surface area contributed by atoms with E-state index in [2.05, 4.69) is 6.58 Å². The van der Waals surface area contributed by atoms with E-state index in [1.807, 2.05) is 27.7 Å². The lowest BCUT2D eigenvalue weighted by Gasteiger charge is -2.17. The largest absolute Gasteiger partial charge is 0.431 e. The highest BCUT2D eigenvalue weighted by molar-refractivity contribution is 5.76. The SMILES string of the molecule is C=C(OC(=O)C(C)(C)C)[C@H]1C[C@@H]1OCC. The van der Waals surface area contributed by atoms with E-state index in [1.165, 1.54) is 0 Å². The molecule has 1 rings (SSSR count). The standard InChI is InChI=1S/C12H20O3/c1-6-14-10-7-9(10)8(2)15-11(13)12(3,4)5/h9-10H,2,6-7H2,1,3-5H3/t9-,10+/m1/s1. The van der Waals surface area contributed by atoms with Gasteiger partial charge in [0.25, 0.3) is 0 Å². The van der Waals surface area contributed by atoms with E-state index in [0.29, 0.717) is 12.4 Å². The average Bonchev–Trinajstić information content (AvgIpc) is 2.82. The lowest BCUT2D eigenvalue weighted by atomic mass is 9.97. The first-order valence-electron chi connectivity index (χ1n) is 5.39. The topological polar surface area (TPSA) is 35.5 Å². The summed E-state index contributed by atoms with van der Waals surface area (Å²) in [4.78, 5) is 11.5. The molecule has 0 amide bonds. The third-order valence-corrected chi connectivity index (χ3v) is 2.36. The highest BCUT2D eigenvalue weighted by atomic mass is 16.5. The van der Waals surface area contributed by atoms with Gasteiger partial charge in [-0.25, -0.2) is 0 Å². The summed E-state index contributed by atoms with van der Waals surface area (Å²) >= 11 is 0. The van der Waals surface area contributed by atoms with Crippen molar-refractivity contribution in [1.82, 2.24) is 0 Å². The molecular formula is C12H20O3. The highest BCUT2D eigenvalue weighted by Crippen LogP contribution is 2.40. The van der Waals surface area contributed by atoms with Crippen molar-refractivity contribution < 1.29 is 14.3 Å². The molecule has 15 heavy (non-hydrogen) atoms. The van der Waals surface area contributed by atoms with Crippen LogP contribution in [0.2, 0.25) is 0 Å². The molecule has 2 atom stereocenters. The number of ether oxygens (including phenoxy) is 2. The molecule has 0 saturated heterocycles. The van der Waals surface area contributed by atoms with Gasteiger partial charge in [-0.2, -0.15) is 0 Å². The van der Waals surface area contributed by atoms with Crippen LogP contribution in [-0.2, 0) is 14.3 Å². The first-order valence-corrected chi connectivity index (χ1v) is 5.39. The van der Waals surface area contributed by atoms with Crippen molar-refractivity contribution >= 4 is 5.97 Å². The quantitative estimate of drug-likeness (QED) is 0.530. The molecule has 0 radical (unpaired) electrons. The van der Waals surface area contributed by atoms with Gasteiger partial charge in [0.1, 0.15) is 5.76 Å². The summed E-state index contributed by atoms with van der Waals surface area (Å²) in [5.74, 6) is 0.527. The second kappa shape index (κ2) is 4.35. The second-order valence-electron chi connectivity index (χ2n) is 4.94. The van der Waals surface area contributed by atoms with Crippen LogP contribution < -0.4 is 0 Å². The third kappa shape index (κ3) is 3.34. The van der Waals surface area contributed by atoms with Gasteiger partial charge < -0.3 is 9.47 Å². The van der Waals surface area contributed by atoms with Crippen LogP contribution >= 0.6 is 0 Å². The van der Waals surface area contributed by atoms with Crippen molar-refractivity contribution in [2.75, 3.05) is 6.61 Å². The predicted molar refractivity (Wildman–Crippen MR) is 58.2 cm³/mol. The summed E-state index contributed by atoms with van der Waals surface area (Å²) in [5, 5.41) is 0. The molecule has 0 aliphatic heterocycles. The number of esters is 1. The Bertz CT molecular complexity index is 263. The molecule has 0 aromatic carbocycles. The molecule has 1 saturated carbocycles. The maximum absolute atomic E-state index is 11.5. The summed E-state index contributed by atoms with van der Waals surface area (Å²) in [5.41, 5.74) is -0.473. The fourth-order valence-electron chi connectivity index (χ4n) is 1.26. The Morgan fingerprint density at radius 1 is 1.47 bits per heavy atom. The van der Waals surface area contributed by atoms with Gasteiger partial charge in [0.15, 0.2) is 0 Å². The first kappa shape index (κ1) is 12.2. The maximum atomic E-state index is 11.5. The zero-order valence-electron chi connectivity index (χ0n) is 10.0. The van der Waals surface area contributed by atoms with Crippen LogP contribution in [-0.4, -0.2) is 18.7 Å². The van der Waals surface area contributed by atoms with Crippen molar-refractivity contribution in [1.29, 1.82) is 0 Å². The number of hydrogen-bond acceptors (Lipinski definition) is 3. The van der Waals surface area contributed by atoms with E-state index in [4.69, 9.17) is 9.47 Å². The van der Waals surface area contributed by atoms with Crippen molar-refractivity contribution in [2.24, 2.45) is 11.3 Å². The maximum Gasteiger partial charge on any atom is 0.316 e. The van der Waals surface area contributed by atoms with E-state index in [9.17, 15) is 4.79 Å². The molecule has 0 bridgehead atoms. The highest BCUT2D eigenvalue weighted by Gasteiger charge is 2.42. The zero-order chi connectivity index (χ0) is 11.6. The number of carbonyl (C=O) groups is 1. The molecule has 1 fully saturated rings. The summed E-state index contributed by atoms with van der Waals surface area (Å²) in [6, 6.07) is 0. The van der Waals surface area contributed by atoms with Gasteiger partial charge in [0.05, 0.1) is 11.5 Å². The molecule has 1 aliphatic carbocycles. The van der Waals surface area contributed by atoms with Crippen LogP contribution in [0, 0.1) is 11.3 Å². The molecule has 0 spiro atoms. The van der Waals surface area contributed by atoms with Gasteiger partial charge in [-0.3, -0.25) is 4.79 Å². The fraction of sp³-hybridized carbons (Fsp3) is 0.750.